The van der Waals surface area contributed by atoms with E-state index in [2.05, 4.69) is 19.2 Å². The summed E-state index contributed by atoms with van der Waals surface area (Å²) in [6.45, 7) is 5.20. The molecule has 24 heavy (non-hydrogen) atoms. The zero-order valence-electron chi connectivity index (χ0n) is 14.2. The van der Waals surface area contributed by atoms with Gasteiger partial charge in [0.25, 0.3) is 0 Å². The molecular weight excluding hydrogens is 329 g/mol. The van der Waals surface area contributed by atoms with Gasteiger partial charge in [-0.05, 0) is 31.5 Å². The Morgan fingerprint density at radius 3 is 2.67 bits per heavy atom. The zero-order valence-corrected chi connectivity index (χ0v) is 15.0. The molecule has 0 saturated heterocycles. The predicted molar refractivity (Wildman–Crippen MR) is 95.3 cm³/mol. The normalized spacial score (nSPS) is 12.0. The van der Waals surface area contributed by atoms with Crippen LogP contribution in [0.15, 0.2) is 36.4 Å². The summed E-state index contributed by atoms with van der Waals surface area (Å²) in [7, 11) is 1.61. The molecule has 0 amide bonds. The summed E-state index contributed by atoms with van der Waals surface area (Å²) in [6, 6.07) is 10.5. The first-order chi connectivity index (χ1) is 11.5. The molecule has 0 heterocycles. The maximum atomic E-state index is 13.1. The fourth-order valence-electron chi connectivity index (χ4n) is 2.24. The highest BCUT2D eigenvalue weighted by Crippen LogP contribution is 2.32. The van der Waals surface area contributed by atoms with Crippen molar-refractivity contribution in [3.8, 4) is 11.5 Å². The molecule has 0 radical (unpaired) electrons. The van der Waals surface area contributed by atoms with E-state index in [1.165, 1.54) is 12.1 Å². The highest BCUT2D eigenvalue weighted by atomic mass is 35.5. The third-order valence-corrected chi connectivity index (χ3v) is 4.27. The second kappa shape index (κ2) is 8.90. The Kier molecular flexibility index (Phi) is 6.88. The third-order valence-electron chi connectivity index (χ3n) is 3.92. The molecule has 3 nitrogen and oxygen atoms in total. The Bertz CT molecular complexity index is 678. The summed E-state index contributed by atoms with van der Waals surface area (Å²) in [5.41, 5.74) is 1.73. The van der Waals surface area contributed by atoms with Crippen molar-refractivity contribution in [3.63, 3.8) is 0 Å². The molecule has 1 N–H and O–H groups in total. The minimum absolute atomic E-state index is 0.246. The Morgan fingerprint density at radius 1 is 1.21 bits per heavy atom. The van der Waals surface area contributed by atoms with Gasteiger partial charge in [-0.3, -0.25) is 0 Å². The van der Waals surface area contributed by atoms with Crippen molar-refractivity contribution in [2.75, 3.05) is 7.11 Å². The summed E-state index contributed by atoms with van der Waals surface area (Å²) in [4.78, 5) is 0. The first-order valence-electron chi connectivity index (χ1n) is 8.01. The molecule has 0 fully saturated rings. The van der Waals surface area contributed by atoms with Gasteiger partial charge in [0.1, 0.15) is 12.4 Å². The number of halogens is 2. The molecule has 0 unspecified atom stereocenters. The van der Waals surface area contributed by atoms with Crippen molar-refractivity contribution < 1.29 is 13.9 Å². The molecule has 2 aromatic carbocycles. The molecule has 0 aromatic heterocycles. The van der Waals surface area contributed by atoms with Crippen LogP contribution in [0.5, 0.6) is 11.5 Å². The smallest absolute Gasteiger partial charge is 0.166 e. The molecule has 1 atom stereocenters. The van der Waals surface area contributed by atoms with Gasteiger partial charge in [-0.2, -0.15) is 0 Å². The van der Waals surface area contributed by atoms with Crippen LogP contribution in [0.3, 0.4) is 0 Å². The summed E-state index contributed by atoms with van der Waals surface area (Å²) < 4.78 is 24.5. The molecular formula is C19H23ClFNO2. The Labute approximate surface area is 147 Å². The highest BCUT2D eigenvalue weighted by molar-refractivity contribution is 6.31. The van der Waals surface area contributed by atoms with Crippen LogP contribution in [0, 0.1) is 5.82 Å². The topological polar surface area (TPSA) is 30.5 Å². The van der Waals surface area contributed by atoms with Crippen LogP contribution >= 0.6 is 11.6 Å². The highest BCUT2D eigenvalue weighted by Gasteiger charge is 2.12. The van der Waals surface area contributed by atoms with Crippen LogP contribution < -0.4 is 14.8 Å². The molecule has 0 aliphatic rings. The van der Waals surface area contributed by atoms with Crippen LogP contribution in [0.25, 0.3) is 0 Å². The first kappa shape index (κ1) is 18.6. The van der Waals surface area contributed by atoms with Gasteiger partial charge < -0.3 is 14.8 Å². The molecule has 2 rings (SSSR count). The molecule has 0 saturated carbocycles. The number of nitrogens with one attached hydrogen (secondary N) is 1. The molecule has 0 bridgehead atoms. The van der Waals surface area contributed by atoms with Gasteiger partial charge in [0.15, 0.2) is 11.5 Å². The van der Waals surface area contributed by atoms with Crippen molar-refractivity contribution in [3.05, 3.63) is 58.4 Å². The van der Waals surface area contributed by atoms with Gasteiger partial charge in [-0.15, -0.1) is 0 Å². The van der Waals surface area contributed by atoms with Crippen molar-refractivity contribution in [1.82, 2.24) is 5.32 Å². The predicted octanol–water partition coefficient (Wildman–Crippen LogP) is 4.95. The first-order valence-corrected chi connectivity index (χ1v) is 8.39. The van der Waals surface area contributed by atoms with Crippen molar-refractivity contribution in [2.45, 2.75) is 39.5 Å². The number of rotatable bonds is 8. The zero-order chi connectivity index (χ0) is 17.5. The molecule has 2 aromatic rings. The fourth-order valence-corrected chi connectivity index (χ4v) is 2.46. The van der Waals surface area contributed by atoms with E-state index in [1.807, 2.05) is 18.2 Å². The Hall–Kier alpha value is -1.78. The van der Waals surface area contributed by atoms with Crippen molar-refractivity contribution >= 4 is 11.6 Å². The number of hydrogen-bond acceptors (Lipinski definition) is 3. The number of para-hydroxylation sites is 1. The number of ether oxygens (including phenoxy) is 2. The molecule has 0 aliphatic carbocycles. The van der Waals surface area contributed by atoms with E-state index in [0.717, 1.165) is 17.5 Å². The average Bonchev–Trinajstić information content (AvgIpc) is 2.59. The van der Waals surface area contributed by atoms with Crippen molar-refractivity contribution in [1.29, 1.82) is 0 Å². The lowest BCUT2D eigenvalue weighted by Gasteiger charge is -2.17. The van der Waals surface area contributed by atoms with E-state index in [9.17, 15) is 4.39 Å². The third kappa shape index (κ3) is 4.86. The number of benzene rings is 2. The molecule has 0 spiro atoms. The second-order valence-corrected chi connectivity index (χ2v) is 6.07. The van der Waals surface area contributed by atoms with Crippen LogP contribution in [-0.4, -0.2) is 13.2 Å². The molecule has 5 heteroatoms. The minimum atomic E-state index is -0.362. The lowest BCUT2D eigenvalue weighted by atomic mass is 10.1. The van der Waals surface area contributed by atoms with Crippen LogP contribution in [-0.2, 0) is 13.2 Å². The van der Waals surface area contributed by atoms with E-state index in [4.69, 9.17) is 21.1 Å². The number of methoxy groups -OCH3 is 1. The minimum Gasteiger partial charge on any atom is -0.493 e. The quantitative estimate of drug-likeness (QED) is 0.729. The maximum Gasteiger partial charge on any atom is 0.166 e. The van der Waals surface area contributed by atoms with E-state index >= 15 is 0 Å². The van der Waals surface area contributed by atoms with Gasteiger partial charge in [0.2, 0.25) is 0 Å². The average molecular weight is 352 g/mol. The van der Waals surface area contributed by atoms with Crippen molar-refractivity contribution in [2.24, 2.45) is 0 Å². The van der Waals surface area contributed by atoms with Gasteiger partial charge >= 0.3 is 0 Å². The monoisotopic (exact) mass is 351 g/mol. The molecule has 0 aliphatic heterocycles. The van der Waals surface area contributed by atoms with Crippen LogP contribution in [0.1, 0.15) is 31.4 Å². The van der Waals surface area contributed by atoms with Gasteiger partial charge in [-0.25, -0.2) is 4.39 Å². The maximum absolute atomic E-state index is 13.1. The van der Waals surface area contributed by atoms with E-state index in [-0.39, 0.29) is 12.4 Å². The van der Waals surface area contributed by atoms with E-state index < -0.39 is 0 Å². The Balaban J connectivity index is 2.17. The summed E-state index contributed by atoms with van der Waals surface area (Å²) in [5.74, 6) is 0.979. The molecule has 130 valence electrons. The van der Waals surface area contributed by atoms with Crippen LogP contribution in [0.4, 0.5) is 4.39 Å². The largest absolute Gasteiger partial charge is 0.493 e. The van der Waals surface area contributed by atoms with Gasteiger partial charge in [0, 0.05) is 23.7 Å². The summed E-state index contributed by atoms with van der Waals surface area (Å²) in [5, 5.41) is 3.80. The fraction of sp³-hybridized carbons (Fsp3) is 0.368. The van der Waals surface area contributed by atoms with E-state index in [1.54, 1.807) is 13.2 Å². The van der Waals surface area contributed by atoms with E-state index in [0.29, 0.717) is 29.1 Å². The SMILES string of the molecule is CC[C@H](C)NCc1cccc(OC)c1OCc1ccc(F)cc1Cl. The van der Waals surface area contributed by atoms with Gasteiger partial charge in [-0.1, -0.05) is 36.7 Å². The van der Waals surface area contributed by atoms with Gasteiger partial charge in [0.05, 0.1) is 12.1 Å². The summed E-state index contributed by atoms with van der Waals surface area (Å²) >= 11 is 6.07. The lowest BCUT2D eigenvalue weighted by Crippen LogP contribution is -2.24. The standard InChI is InChI=1S/C19H23ClFNO2/c1-4-13(2)22-11-14-6-5-7-18(23-3)19(14)24-12-15-8-9-16(21)10-17(15)20/h5-10,13,22H,4,11-12H2,1-3H3/t13-/m0/s1. The lowest BCUT2D eigenvalue weighted by molar-refractivity contribution is 0.280. The number of hydrogen-bond donors (Lipinski definition) is 1. The Morgan fingerprint density at radius 2 is 2.00 bits per heavy atom. The summed E-state index contributed by atoms with van der Waals surface area (Å²) in [6.07, 6.45) is 1.05. The second-order valence-electron chi connectivity index (χ2n) is 5.66. The van der Waals surface area contributed by atoms with Crippen LogP contribution in [0.2, 0.25) is 5.02 Å².